The summed E-state index contributed by atoms with van der Waals surface area (Å²) in [7, 11) is 3.19. The van der Waals surface area contributed by atoms with Gasteiger partial charge in [-0.25, -0.2) is 19.3 Å². The molecule has 2 aromatic carbocycles. The number of amides is 4. The molecule has 30 heteroatoms. The van der Waals surface area contributed by atoms with E-state index in [1.165, 1.54) is 50.5 Å². The summed E-state index contributed by atoms with van der Waals surface area (Å²) < 4.78 is 92.3. The summed E-state index contributed by atoms with van der Waals surface area (Å²) in [6.45, 7) is 8.78. The minimum Gasteiger partial charge on any atom is -0.495 e. The van der Waals surface area contributed by atoms with Crippen LogP contribution in [-0.4, -0.2) is 165 Å². The van der Waals surface area contributed by atoms with Crippen LogP contribution in [0.3, 0.4) is 0 Å². The number of aromatic nitrogens is 8. The molecule has 26 nitrogen and oxygen atoms in total. The number of fused-ring (bicyclic) bond motifs is 2. The van der Waals surface area contributed by atoms with Crippen LogP contribution in [0, 0.1) is 41.0 Å². The van der Waals surface area contributed by atoms with E-state index < -0.39 is 29.2 Å². The van der Waals surface area contributed by atoms with Gasteiger partial charge in [0.15, 0.2) is 0 Å². The standard InChI is InChI=1S/C25H31F2N5O5.C25H32FN5O3.C17H23FN6O2/c1-15(33)29-17-5-3-16(4-6-17)14-37-23-20(27)13-28-25(31-23)30-21-12-19(26)18(11-22(21)35-2)24(34)32-7-9-36-10-8-32;1-16(32)28-18-4-2-17(3-5-18)13-34-24-23(26)12-27-25(30-24)29-19-6-8-20(9-7-19)31-21-10-11-22(31)15-33-14-21;1-11(25)21-13-5-3-12(4-6-13)10-26-16-15(18)8-19-17(23-16)22-14-7-20-24(2)9-14/h11-13,16-17H,3-10,14H2,1-2H3,(H,29,33)(H,28,30,31);6-9,12,17-18,21-22H,2-5,10-11,13-15H2,1H3,(H,28,32)(H,27,29,30);7-9,12-13H,3-6,10H2,1-2H3,(H,21,25)(H,19,22,23). The van der Waals surface area contributed by atoms with Crippen LogP contribution < -0.4 is 55.7 Å². The lowest BCUT2D eigenvalue weighted by Gasteiger charge is -2.36. The fraction of sp³-hybridized carbons (Fsp3) is 0.537. The van der Waals surface area contributed by atoms with Gasteiger partial charge in [0, 0.05) is 82.7 Å². The number of rotatable bonds is 21. The van der Waals surface area contributed by atoms with E-state index in [0.29, 0.717) is 75.1 Å². The Balaban J connectivity index is 0.000000160. The summed E-state index contributed by atoms with van der Waals surface area (Å²) >= 11 is 0. The van der Waals surface area contributed by atoms with E-state index in [0.717, 1.165) is 121 Å². The molecule has 2 unspecified atom stereocenters. The van der Waals surface area contributed by atoms with Crippen LogP contribution in [-0.2, 0) is 30.9 Å². The Hall–Kier alpha value is -9.19. The van der Waals surface area contributed by atoms with Gasteiger partial charge in [0.2, 0.25) is 53.0 Å². The Kier molecular flexibility index (Phi) is 24.9. The molecule has 4 amide bonds. The summed E-state index contributed by atoms with van der Waals surface area (Å²) in [6, 6.07) is 12.1. The van der Waals surface area contributed by atoms with E-state index >= 15 is 0 Å². The summed E-state index contributed by atoms with van der Waals surface area (Å²) in [5.41, 5.74) is 2.78. The smallest absolute Gasteiger partial charge is 0.257 e. The number of carbonyl (C=O) groups excluding carboxylic acids is 4. The van der Waals surface area contributed by atoms with Gasteiger partial charge in [0.25, 0.3) is 23.5 Å². The van der Waals surface area contributed by atoms with Crippen molar-refractivity contribution in [1.29, 1.82) is 0 Å². The van der Waals surface area contributed by atoms with Crippen molar-refractivity contribution in [2.45, 2.75) is 141 Å². The number of morpholine rings is 2. The van der Waals surface area contributed by atoms with E-state index in [9.17, 15) is 36.7 Å². The maximum Gasteiger partial charge on any atom is 0.257 e. The minimum atomic E-state index is -0.742. The van der Waals surface area contributed by atoms with E-state index in [1.54, 1.807) is 31.0 Å². The van der Waals surface area contributed by atoms with E-state index in [-0.39, 0.29) is 94.9 Å². The molecule has 97 heavy (non-hydrogen) atoms. The van der Waals surface area contributed by atoms with Gasteiger partial charge < -0.3 is 70.1 Å². The number of nitrogens with zero attached hydrogens (tertiary/aromatic N) is 10. The third-order valence-electron chi connectivity index (χ3n) is 18.0. The Bertz CT molecular complexity index is 3590. The molecular formula is C67H86F4N16O10. The first-order valence-corrected chi connectivity index (χ1v) is 33.2. The minimum absolute atomic E-state index is 0.00130. The number of ether oxygens (including phenoxy) is 6. The van der Waals surface area contributed by atoms with Gasteiger partial charge in [-0.15, -0.1) is 0 Å². The molecule has 2 atom stereocenters. The van der Waals surface area contributed by atoms with E-state index in [2.05, 4.69) is 83.9 Å². The van der Waals surface area contributed by atoms with Crippen molar-refractivity contribution < 1.29 is 65.2 Å². The Labute approximate surface area is 560 Å². The van der Waals surface area contributed by atoms with Crippen LogP contribution in [0.1, 0.15) is 121 Å². The fourth-order valence-electron chi connectivity index (χ4n) is 13.0. The third kappa shape index (κ3) is 20.4. The molecule has 12 rings (SSSR count). The fourth-order valence-corrected chi connectivity index (χ4v) is 13.0. The molecule has 3 aliphatic heterocycles. The van der Waals surface area contributed by atoms with Crippen LogP contribution in [0.4, 0.5) is 58.2 Å². The zero-order valence-corrected chi connectivity index (χ0v) is 55.3. The number of benzene rings is 2. The molecule has 522 valence electrons. The first-order valence-electron chi connectivity index (χ1n) is 33.2. The topological polar surface area (TPSA) is 297 Å². The first-order chi connectivity index (χ1) is 46.9. The number of anilines is 7. The van der Waals surface area contributed by atoms with Gasteiger partial charge in [0.05, 0.1) is 107 Å². The average molecular weight is 1350 g/mol. The van der Waals surface area contributed by atoms with Gasteiger partial charge in [0.1, 0.15) is 11.6 Å². The number of carbonyl (C=O) groups is 4. The van der Waals surface area contributed by atoms with Crippen molar-refractivity contribution in [3.8, 4) is 23.4 Å². The summed E-state index contributed by atoms with van der Waals surface area (Å²) in [5.74, 6) is -1.86. The predicted octanol–water partition coefficient (Wildman–Crippen LogP) is 9.02. The maximum atomic E-state index is 14.9. The molecule has 6 aromatic rings. The lowest BCUT2D eigenvalue weighted by molar-refractivity contribution is -0.120. The van der Waals surface area contributed by atoms with Crippen LogP contribution in [0.2, 0.25) is 0 Å². The van der Waals surface area contributed by atoms with Crippen LogP contribution in [0.5, 0.6) is 23.4 Å². The van der Waals surface area contributed by atoms with Crippen molar-refractivity contribution in [2.75, 3.05) is 87.3 Å². The molecule has 3 saturated heterocycles. The second-order valence-electron chi connectivity index (χ2n) is 25.3. The monoisotopic (exact) mass is 1350 g/mol. The molecule has 6 fully saturated rings. The summed E-state index contributed by atoms with van der Waals surface area (Å²) in [6.07, 6.45) is 19.7. The molecule has 4 aromatic heterocycles. The Morgan fingerprint density at radius 3 is 1.38 bits per heavy atom. The van der Waals surface area contributed by atoms with Gasteiger partial charge in [-0.2, -0.15) is 33.2 Å². The maximum absolute atomic E-state index is 14.9. The summed E-state index contributed by atoms with van der Waals surface area (Å²) in [4.78, 5) is 74.7. The molecule has 2 bridgehead atoms. The van der Waals surface area contributed by atoms with E-state index in [1.807, 2.05) is 12.1 Å². The number of hydrogen-bond donors (Lipinski definition) is 6. The highest BCUT2D eigenvalue weighted by Gasteiger charge is 2.37. The Morgan fingerprint density at radius 2 is 0.969 bits per heavy atom. The third-order valence-corrected chi connectivity index (χ3v) is 18.0. The lowest BCUT2D eigenvalue weighted by atomic mass is 9.86. The van der Waals surface area contributed by atoms with Gasteiger partial charge in [-0.3, -0.25) is 23.9 Å². The molecule has 6 N–H and O–H groups in total. The lowest BCUT2D eigenvalue weighted by Crippen LogP contribution is -2.45. The highest BCUT2D eigenvalue weighted by atomic mass is 19.1. The highest BCUT2D eigenvalue weighted by Crippen LogP contribution is 2.36. The second-order valence-corrected chi connectivity index (χ2v) is 25.3. The van der Waals surface area contributed by atoms with Crippen molar-refractivity contribution in [3.05, 3.63) is 96.2 Å². The second kappa shape index (κ2) is 34.2. The quantitative estimate of drug-likeness (QED) is 0.0366. The van der Waals surface area contributed by atoms with Crippen molar-refractivity contribution >= 4 is 64.2 Å². The van der Waals surface area contributed by atoms with Gasteiger partial charge in [-0.1, -0.05) is 0 Å². The number of halogens is 4. The first kappa shape index (κ1) is 70.6. The Morgan fingerprint density at radius 1 is 0.536 bits per heavy atom. The molecule has 6 aliphatic rings. The van der Waals surface area contributed by atoms with Crippen LogP contribution >= 0.6 is 0 Å². The molecule has 0 radical (unpaired) electrons. The molecular weight excluding hydrogens is 1260 g/mol. The van der Waals surface area contributed by atoms with E-state index in [4.69, 9.17) is 28.4 Å². The molecule has 0 spiro atoms. The highest BCUT2D eigenvalue weighted by molar-refractivity contribution is 5.96. The van der Waals surface area contributed by atoms with Crippen molar-refractivity contribution in [1.82, 2.24) is 60.5 Å². The van der Waals surface area contributed by atoms with Crippen molar-refractivity contribution in [2.24, 2.45) is 24.8 Å². The number of hydrogen-bond acceptors (Lipinski definition) is 21. The van der Waals surface area contributed by atoms with Gasteiger partial charge >= 0.3 is 0 Å². The SMILES string of the molecule is CC(=O)NC1CCC(COc2nc(Nc3ccc(N4C5CCC4COC5)cc3)ncc2F)CC1.CC(=O)NC1CCC(COc2nc(Nc3cnn(C)c3)ncc2F)CC1.COc1cc(C(=O)N2CCOCC2)c(F)cc1Nc1ncc(F)c(OCC2CCC(NC(C)=O)CC2)n1. The van der Waals surface area contributed by atoms with Crippen LogP contribution in [0.15, 0.2) is 67.4 Å². The number of methoxy groups -OCH3 is 1. The number of aryl methyl sites for hydroxylation is 1. The average Bonchev–Trinajstić information content (AvgIpc) is 1.67. The largest absolute Gasteiger partial charge is 0.495 e. The normalized spacial score (nSPS) is 22.0. The summed E-state index contributed by atoms with van der Waals surface area (Å²) in [5, 5.41) is 21.8. The predicted molar refractivity (Wildman–Crippen MR) is 350 cm³/mol. The van der Waals surface area contributed by atoms with Gasteiger partial charge in [-0.05, 0) is 138 Å². The zero-order chi connectivity index (χ0) is 68.4. The molecule has 3 aliphatic carbocycles. The zero-order valence-electron chi connectivity index (χ0n) is 55.3. The molecule has 3 saturated carbocycles. The van der Waals surface area contributed by atoms with Crippen molar-refractivity contribution in [3.63, 3.8) is 0 Å². The number of nitrogens with one attached hydrogen (secondary N) is 6. The molecule has 7 heterocycles. The van der Waals surface area contributed by atoms with Crippen LogP contribution in [0.25, 0.3) is 0 Å².